The van der Waals surface area contributed by atoms with Gasteiger partial charge >= 0.3 is 0 Å². The Balaban J connectivity index is 1.87. The molecule has 3 rings (SSSR count). The lowest BCUT2D eigenvalue weighted by atomic mass is 10.1. The molecule has 0 amide bonds. The van der Waals surface area contributed by atoms with Crippen LogP contribution in [0.5, 0.6) is 0 Å². The second-order valence-electron chi connectivity index (χ2n) is 4.60. The maximum absolute atomic E-state index is 5.46. The maximum Gasteiger partial charge on any atom is 0.227 e. The summed E-state index contributed by atoms with van der Waals surface area (Å²) in [4.78, 5) is 2.23. The largest absolute Gasteiger partial charge is 0.338 e. The van der Waals surface area contributed by atoms with E-state index in [9.17, 15) is 0 Å². The Bertz CT molecular complexity index is 529. The molecular formula is C14H17N3O. The third-order valence-electron chi connectivity index (χ3n) is 3.35. The zero-order valence-electron chi connectivity index (χ0n) is 10.5. The molecular weight excluding hydrogens is 226 g/mol. The van der Waals surface area contributed by atoms with E-state index in [4.69, 9.17) is 4.52 Å². The van der Waals surface area contributed by atoms with E-state index in [1.807, 2.05) is 18.2 Å². The van der Waals surface area contributed by atoms with E-state index >= 15 is 0 Å². The predicted molar refractivity (Wildman–Crippen MR) is 71.8 cm³/mol. The third-order valence-corrected chi connectivity index (χ3v) is 3.35. The molecule has 18 heavy (non-hydrogen) atoms. The summed E-state index contributed by atoms with van der Waals surface area (Å²) < 4.78 is 5.46. The summed E-state index contributed by atoms with van der Waals surface area (Å²) in [5, 5.41) is 7.51. The first kappa shape index (κ1) is 11.3. The van der Waals surface area contributed by atoms with Crippen LogP contribution < -0.4 is 10.2 Å². The Labute approximate surface area is 107 Å². The summed E-state index contributed by atoms with van der Waals surface area (Å²) in [5.41, 5.74) is 3.28. The minimum absolute atomic E-state index is 0.870. The van der Waals surface area contributed by atoms with Crippen molar-refractivity contribution in [2.75, 3.05) is 31.1 Å². The molecule has 1 fully saturated rings. The highest BCUT2D eigenvalue weighted by atomic mass is 16.5. The van der Waals surface area contributed by atoms with Crippen LogP contribution in [0.1, 0.15) is 5.56 Å². The van der Waals surface area contributed by atoms with Gasteiger partial charge in [-0.05, 0) is 12.5 Å². The Morgan fingerprint density at radius 3 is 2.78 bits per heavy atom. The summed E-state index contributed by atoms with van der Waals surface area (Å²) >= 11 is 0. The second-order valence-corrected chi connectivity index (χ2v) is 4.60. The molecule has 1 aromatic carbocycles. The Morgan fingerprint density at radius 1 is 1.22 bits per heavy atom. The van der Waals surface area contributed by atoms with E-state index in [2.05, 4.69) is 34.4 Å². The van der Waals surface area contributed by atoms with Crippen LogP contribution in [-0.4, -0.2) is 31.3 Å². The van der Waals surface area contributed by atoms with Crippen LogP contribution in [0.3, 0.4) is 0 Å². The van der Waals surface area contributed by atoms with Crippen molar-refractivity contribution >= 4 is 5.88 Å². The molecule has 2 heterocycles. The van der Waals surface area contributed by atoms with Crippen molar-refractivity contribution in [1.29, 1.82) is 0 Å². The molecule has 0 radical (unpaired) electrons. The molecule has 4 nitrogen and oxygen atoms in total. The highest BCUT2D eigenvalue weighted by Crippen LogP contribution is 2.26. The molecule has 0 bridgehead atoms. The fraction of sp³-hybridized carbons (Fsp3) is 0.357. The number of hydrogen-bond acceptors (Lipinski definition) is 4. The summed E-state index contributed by atoms with van der Waals surface area (Å²) in [7, 11) is 0. The van der Waals surface area contributed by atoms with E-state index < -0.39 is 0 Å². The number of piperazine rings is 1. The number of aryl methyl sites for hydroxylation is 1. The van der Waals surface area contributed by atoms with Crippen molar-refractivity contribution in [1.82, 2.24) is 10.5 Å². The molecule has 1 saturated heterocycles. The van der Waals surface area contributed by atoms with E-state index in [1.54, 1.807) is 0 Å². The second kappa shape index (κ2) is 4.82. The Morgan fingerprint density at radius 2 is 2.00 bits per heavy atom. The summed E-state index contributed by atoms with van der Waals surface area (Å²) in [5.74, 6) is 0.870. The van der Waals surface area contributed by atoms with Crippen molar-refractivity contribution < 1.29 is 4.52 Å². The summed E-state index contributed by atoms with van der Waals surface area (Å²) in [6.07, 6.45) is 0. The smallest absolute Gasteiger partial charge is 0.227 e. The maximum atomic E-state index is 5.46. The van der Waals surface area contributed by atoms with Gasteiger partial charge in [0.15, 0.2) is 0 Å². The highest BCUT2D eigenvalue weighted by Gasteiger charge is 2.16. The van der Waals surface area contributed by atoms with Gasteiger partial charge in [0.05, 0.1) is 0 Å². The van der Waals surface area contributed by atoms with E-state index in [0.29, 0.717) is 0 Å². The van der Waals surface area contributed by atoms with E-state index in [0.717, 1.165) is 43.3 Å². The van der Waals surface area contributed by atoms with Crippen LogP contribution in [0, 0.1) is 6.92 Å². The first-order chi connectivity index (χ1) is 8.84. The van der Waals surface area contributed by atoms with Gasteiger partial charge in [0.1, 0.15) is 5.69 Å². The number of anilines is 1. The van der Waals surface area contributed by atoms with Gasteiger partial charge in [0.25, 0.3) is 0 Å². The van der Waals surface area contributed by atoms with Gasteiger partial charge in [-0.15, -0.1) is 0 Å². The number of rotatable bonds is 2. The zero-order chi connectivity index (χ0) is 12.4. The fourth-order valence-electron chi connectivity index (χ4n) is 2.29. The van der Waals surface area contributed by atoms with Crippen LogP contribution >= 0.6 is 0 Å². The van der Waals surface area contributed by atoms with Crippen LogP contribution in [0.15, 0.2) is 34.9 Å². The fourth-order valence-corrected chi connectivity index (χ4v) is 2.29. The Hall–Kier alpha value is -1.81. The number of nitrogens with zero attached hydrogens (tertiary/aromatic N) is 2. The van der Waals surface area contributed by atoms with Crippen molar-refractivity contribution in [2.24, 2.45) is 0 Å². The molecule has 0 aliphatic carbocycles. The number of hydrogen-bond donors (Lipinski definition) is 1. The lowest BCUT2D eigenvalue weighted by Gasteiger charge is -2.25. The molecule has 0 atom stereocenters. The topological polar surface area (TPSA) is 41.3 Å². The molecule has 4 heteroatoms. The van der Waals surface area contributed by atoms with Crippen molar-refractivity contribution in [3.63, 3.8) is 0 Å². The number of nitrogens with one attached hydrogen (secondary N) is 1. The molecule has 1 aliphatic heterocycles. The lowest BCUT2D eigenvalue weighted by Crippen LogP contribution is -2.43. The molecule has 0 saturated carbocycles. The van der Waals surface area contributed by atoms with Gasteiger partial charge < -0.3 is 14.7 Å². The number of benzene rings is 1. The van der Waals surface area contributed by atoms with Crippen LogP contribution in [-0.2, 0) is 0 Å². The quantitative estimate of drug-likeness (QED) is 0.876. The van der Waals surface area contributed by atoms with Crippen molar-refractivity contribution in [3.8, 4) is 11.3 Å². The van der Waals surface area contributed by atoms with Crippen LogP contribution in [0.4, 0.5) is 5.88 Å². The van der Waals surface area contributed by atoms with Gasteiger partial charge in [-0.2, -0.15) is 0 Å². The Kier molecular flexibility index (Phi) is 3.02. The van der Waals surface area contributed by atoms with Gasteiger partial charge in [0, 0.05) is 37.8 Å². The molecule has 1 N–H and O–H groups in total. The zero-order valence-corrected chi connectivity index (χ0v) is 10.5. The van der Waals surface area contributed by atoms with Crippen LogP contribution in [0.25, 0.3) is 11.3 Å². The number of aromatic nitrogens is 1. The SMILES string of the molecule is Cc1ccccc1-c1cc(N2CCNCC2)on1. The molecule has 1 aliphatic rings. The third kappa shape index (κ3) is 2.11. The average Bonchev–Trinajstić information content (AvgIpc) is 2.90. The van der Waals surface area contributed by atoms with Crippen LogP contribution in [0.2, 0.25) is 0 Å². The van der Waals surface area contributed by atoms with Gasteiger partial charge in [-0.1, -0.05) is 29.4 Å². The molecule has 94 valence electrons. The minimum Gasteiger partial charge on any atom is -0.338 e. The average molecular weight is 243 g/mol. The van der Waals surface area contributed by atoms with Crippen molar-refractivity contribution in [2.45, 2.75) is 6.92 Å². The summed E-state index contributed by atoms with van der Waals surface area (Å²) in [6, 6.07) is 10.3. The first-order valence-electron chi connectivity index (χ1n) is 6.33. The summed E-state index contributed by atoms with van der Waals surface area (Å²) in [6.45, 7) is 6.04. The van der Waals surface area contributed by atoms with Gasteiger partial charge in [0.2, 0.25) is 5.88 Å². The minimum atomic E-state index is 0.870. The van der Waals surface area contributed by atoms with E-state index in [1.165, 1.54) is 5.56 Å². The van der Waals surface area contributed by atoms with Gasteiger partial charge in [-0.25, -0.2) is 0 Å². The van der Waals surface area contributed by atoms with Crippen molar-refractivity contribution in [3.05, 3.63) is 35.9 Å². The molecule has 0 spiro atoms. The lowest BCUT2D eigenvalue weighted by molar-refractivity contribution is 0.409. The molecule has 1 aromatic heterocycles. The predicted octanol–water partition coefficient (Wildman–Crippen LogP) is 2.06. The molecule has 2 aromatic rings. The monoisotopic (exact) mass is 243 g/mol. The first-order valence-corrected chi connectivity index (χ1v) is 6.33. The normalized spacial score (nSPS) is 15.9. The highest BCUT2D eigenvalue weighted by molar-refractivity contribution is 5.65. The van der Waals surface area contributed by atoms with E-state index in [-0.39, 0.29) is 0 Å². The van der Waals surface area contributed by atoms with Gasteiger partial charge in [-0.3, -0.25) is 0 Å². The molecule has 0 unspecified atom stereocenters. The standard InChI is InChI=1S/C14H17N3O/c1-11-4-2-3-5-12(11)13-10-14(18-16-13)17-8-6-15-7-9-17/h2-5,10,15H,6-9H2,1H3.